The first kappa shape index (κ1) is 19.2. The highest BCUT2D eigenvalue weighted by Gasteiger charge is 2.25. The molecule has 0 aromatic carbocycles. The summed E-state index contributed by atoms with van der Waals surface area (Å²) in [5.41, 5.74) is 2.30. The Balaban J connectivity index is 1.45. The molecule has 1 fully saturated rings. The number of halogens is 2. The number of piperazine rings is 1. The Morgan fingerprint density at radius 3 is 2.57 bits per heavy atom. The average molecular weight is 433 g/mol. The molecule has 0 radical (unpaired) electrons. The summed E-state index contributed by atoms with van der Waals surface area (Å²) in [4.78, 5) is 27.0. The van der Waals surface area contributed by atoms with Crippen molar-refractivity contribution in [1.29, 1.82) is 0 Å². The van der Waals surface area contributed by atoms with E-state index in [1.807, 2.05) is 41.5 Å². The molecule has 4 rings (SSSR count). The molecule has 0 spiro atoms. The predicted octanol–water partition coefficient (Wildman–Crippen LogP) is 4.78. The lowest BCUT2D eigenvalue weighted by molar-refractivity contribution is 0.0745. The van der Waals surface area contributed by atoms with Gasteiger partial charge in [-0.2, -0.15) is 0 Å². The molecule has 0 N–H and O–H groups in total. The van der Waals surface area contributed by atoms with E-state index in [9.17, 15) is 4.79 Å². The van der Waals surface area contributed by atoms with Crippen molar-refractivity contribution < 1.29 is 4.79 Å². The highest BCUT2D eigenvalue weighted by Crippen LogP contribution is 2.27. The van der Waals surface area contributed by atoms with Gasteiger partial charge >= 0.3 is 0 Å². The van der Waals surface area contributed by atoms with Gasteiger partial charge in [-0.1, -0.05) is 29.3 Å². The van der Waals surface area contributed by atoms with Crippen LogP contribution in [0.4, 0.5) is 5.82 Å². The second-order valence-electron chi connectivity index (χ2n) is 6.54. The van der Waals surface area contributed by atoms with Crippen LogP contribution in [0, 0.1) is 6.92 Å². The molecule has 1 amide bonds. The molecule has 1 aliphatic heterocycles. The molecule has 0 aliphatic carbocycles. The van der Waals surface area contributed by atoms with Crippen molar-refractivity contribution in [3.05, 3.63) is 63.2 Å². The van der Waals surface area contributed by atoms with E-state index in [2.05, 4.69) is 14.9 Å². The molecule has 3 aromatic heterocycles. The van der Waals surface area contributed by atoms with Crippen molar-refractivity contribution in [2.75, 3.05) is 31.1 Å². The van der Waals surface area contributed by atoms with Crippen LogP contribution < -0.4 is 4.90 Å². The number of thiophene rings is 1. The zero-order valence-electron chi connectivity index (χ0n) is 15.2. The Kier molecular flexibility index (Phi) is 5.53. The molecule has 144 valence electrons. The average Bonchev–Trinajstić information content (AvgIpc) is 3.22. The minimum atomic E-state index is 0.0116. The van der Waals surface area contributed by atoms with Crippen LogP contribution >= 0.6 is 34.5 Å². The smallest absolute Gasteiger partial charge is 0.255 e. The topological polar surface area (TPSA) is 49.3 Å². The number of rotatable bonds is 3. The van der Waals surface area contributed by atoms with Crippen LogP contribution in [-0.4, -0.2) is 47.0 Å². The Morgan fingerprint density at radius 2 is 1.93 bits per heavy atom. The van der Waals surface area contributed by atoms with Crippen molar-refractivity contribution in [3.8, 4) is 10.6 Å². The van der Waals surface area contributed by atoms with Crippen molar-refractivity contribution in [2.24, 2.45) is 0 Å². The number of hydrogen-bond acceptors (Lipinski definition) is 5. The van der Waals surface area contributed by atoms with Gasteiger partial charge in [0, 0.05) is 32.4 Å². The maximum Gasteiger partial charge on any atom is 0.255 e. The monoisotopic (exact) mass is 432 g/mol. The van der Waals surface area contributed by atoms with Crippen molar-refractivity contribution >= 4 is 46.3 Å². The maximum absolute atomic E-state index is 13.0. The summed E-state index contributed by atoms with van der Waals surface area (Å²) in [6, 6.07) is 9.51. The van der Waals surface area contributed by atoms with E-state index in [0.717, 1.165) is 16.3 Å². The predicted molar refractivity (Wildman–Crippen MR) is 115 cm³/mol. The van der Waals surface area contributed by atoms with Crippen LogP contribution in [0.15, 0.2) is 41.9 Å². The lowest BCUT2D eigenvalue weighted by atomic mass is 10.1. The van der Waals surface area contributed by atoms with Crippen molar-refractivity contribution in [2.45, 2.75) is 6.92 Å². The van der Waals surface area contributed by atoms with E-state index in [0.29, 0.717) is 47.6 Å². The van der Waals surface area contributed by atoms with Gasteiger partial charge < -0.3 is 9.80 Å². The number of aromatic nitrogens is 2. The van der Waals surface area contributed by atoms with Gasteiger partial charge in [-0.15, -0.1) is 11.3 Å². The van der Waals surface area contributed by atoms with Crippen LogP contribution in [0.1, 0.15) is 16.1 Å². The van der Waals surface area contributed by atoms with Gasteiger partial charge in [-0.05, 0) is 36.6 Å². The fourth-order valence-electron chi connectivity index (χ4n) is 3.28. The normalized spacial score (nSPS) is 14.4. The third kappa shape index (κ3) is 3.85. The first-order valence-electron chi connectivity index (χ1n) is 8.90. The molecular formula is C20H18Cl2N4OS. The number of hydrogen-bond donors (Lipinski definition) is 0. The maximum atomic E-state index is 13.0. The zero-order chi connectivity index (χ0) is 19.7. The van der Waals surface area contributed by atoms with E-state index < -0.39 is 0 Å². The number of aryl methyl sites for hydroxylation is 1. The second-order valence-corrected chi connectivity index (χ2v) is 8.34. The minimum absolute atomic E-state index is 0.0116. The molecular weight excluding hydrogens is 415 g/mol. The van der Waals surface area contributed by atoms with Gasteiger partial charge in [0.2, 0.25) is 0 Å². The Morgan fingerprint density at radius 1 is 1.14 bits per heavy atom. The number of carbonyl (C=O) groups excluding carboxylic acids is 1. The molecule has 0 bridgehead atoms. The van der Waals surface area contributed by atoms with E-state index in [1.165, 1.54) is 0 Å². The quantitative estimate of drug-likeness (QED) is 0.597. The van der Waals surface area contributed by atoms with Gasteiger partial charge in [0.05, 0.1) is 31.9 Å². The summed E-state index contributed by atoms with van der Waals surface area (Å²) in [6.07, 6.45) is 1.59. The Labute approximate surface area is 177 Å². The van der Waals surface area contributed by atoms with E-state index >= 15 is 0 Å². The molecule has 1 aliphatic rings. The fraction of sp³-hybridized carbons (Fsp3) is 0.250. The summed E-state index contributed by atoms with van der Waals surface area (Å²) < 4.78 is 0. The zero-order valence-corrected chi connectivity index (χ0v) is 17.6. The lowest BCUT2D eigenvalue weighted by Gasteiger charge is -2.36. The summed E-state index contributed by atoms with van der Waals surface area (Å²) in [5.74, 6) is 0.717. The van der Waals surface area contributed by atoms with Crippen LogP contribution in [0.3, 0.4) is 0 Å². The molecule has 0 saturated carbocycles. The van der Waals surface area contributed by atoms with Gasteiger partial charge in [0.25, 0.3) is 5.91 Å². The number of pyridine rings is 2. The van der Waals surface area contributed by atoms with E-state index in [1.54, 1.807) is 23.6 Å². The van der Waals surface area contributed by atoms with Gasteiger partial charge in [-0.3, -0.25) is 9.78 Å². The molecule has 1 saturated heterocycles. The first-order chi connectivity index (χ1) is 13.5. The molecule has 4 heterocycles. The summed E-state index contributed by atoms with van der Waals surface area (Å²) in [6.45, 7) is 4.43. The first-order valence-corrected chi connectivity index (χ1v) is 10.5. The summed E-state index contributed by atoms with van der Waals surface area (Å²) >= 11 is 13.8. The van der Waals surface area contributed by atoms with Crippen LogP contribution in [0.5, 0.6) is 0 Å². The largest absolute Gasteiger partial charge is 0.352 e. The van der Waals surface area contributed by atoms with Gasteiger partial charge in [-0.25, -0.2) is 4.98 Å². The highest BCUT2D eigenvalue weighted by atomic mass is 35.5. The number of carbonyl (C=O) groups is 1. The Hall–Kier alpha value is -2.15. The Bertz CT molecular complexity index is 1000. The molecule has 0 atom stereocenters. The van der Waals surface area contributed by atoms with Gasteiger partial charge in [0.1, 0.15) is 5.82 Å². The highest BCUT2D eigenvalue weighted by molar-refractivity contribution is 7.13. The minimum Gasteiger partial charge on any atom is -0.352 e. The third-order valence-corrected chi connectivity index (χ3v) is 6.12. The summed E-state index contributed by atoms with van der Waals surface area (Å²) in [7, 11) is 0. The number of anilines is 1. The molecule has 5 nitrogen and oxygen atoms in total. The van der Waals surface area contributed by atoms with Crippen LogP contribution in [0.25, 0.3) is 10.6 Å². The molecule has 3 aromatic rings. The lowest BCUT2D eigenvalue weighted by Crippen LogP contribution is -2.49. The van der Waals surface area contributed by atoms with Crippen LogP contribution in [0.2, 0.25) is 10.0 Å². The number of nitrogens with zero attached hydrogens (tertiary/aromatic N) is 4. The van der Waals surface area contributed by atoms with Gasteiger partial charge in [0.15, 0.2) is 0 Å². The SMILES string of the molecule is Cc1nc(-c2cccs2)ccc1C(=O)N1CCN(c2ncc(Cl)cc2Cl)CC1. The third-order valence-electron chi connectivity index (χ3n) is 4.74. The second kappa shape index (κ2) is 8.07. The molecule has 0 unspecified atom stereocenters. The fourth-order valence-corrected chi connectivity index (χ4v) is 4.48. The number of amides is 1. The summed E-state index contributed by atoms with van der Waals surface area (Å²) in [5, 5.41) is 3.06. The van der Waals surface area contributed by atoms with Crippen molar-refractivity contribution in [1.82, 2.24) is 14.9 Å². The van der Waals surface area contributed by atoms with E-state index in [-0.39, 0.29) is 5.91 Å². The van der Waals surface area contributed by atoms with E-state index in [4.69, 9.17) is 23.2 Å². The standard InChI is InChI=1S/C20H18Cl2N4OS/c1-13-15(4-5-17(24-13)18-3-2-10-28-18)20(27)26-8-6-25(7-9-26)19-16(22)11-14(21)12-23-19/h2-5,10-12H,6-9H2,1H3. The van der Waals surface area contributed by atoms with Crippen LogP contribution in [-0.2, 0) is 0 Å². The molecule has 8 heteroatoms. The van der Waals surface area contributed by atoms with Crippen molar-refractivity contribution in [3.63, 3.8) is 0 Å². The molecule has 28 heavy (non-hydrogen) atoms.